The molecule has 6 atom stereocenters. The number of carbonyl (C=O) groups is 4. The molecule has 0 aromatic rings. The van der Waals surface area contributed by atoms with E-state index < -0.39 is 97.5 Å². The van der Waals surface area contributed by atoms with Crippen molar-refractivity contribution in [2.75, 3.05) is 39.6 Å². The summed E-state index contributed by atoms with van der Waals surface area (Å²) in [5, 5.41) is 10.6. The van der Waals surface area contributed by atoms with Gasteiger partial charge in [-0.2, -0.15) is 0 Å². The number of aliphatic hydroxyl groups excluding tert-OH is 1. The molecule has 0 saturated carbocycles. The van der Waals surface area contributed by atoms with Crippen LogP contribution in [-0.2, 0) is 65.4 Å². The van der Waals surface area contributed by atoms with Crippen molar-refractivity contribution in [1.82, 2.24) is 0 Å². The summed E-state index contributed by atoms with van der Waals surface area (Å²) in [4.78, 5) is 72.3. The number of unbranched alkanes of at least 4 members (excludes halogenated alkanes) is 35. The van der Waals surface area contributed by atoms with Gasteiger partial charge in [-0.25, -0.2) is 9.13 Å². The van der Waals surface area contributed by atoms with E-state index in [4.69, 9.17) is 37.0 Å². The minimum absolute atomic E-state index is 0.102. The van der Waals surface area contributed by atoms with Crippen LogP contribution in [0.5, 0.6) is 0 Å². The number of phosphoric ester groups is 2. The molecule has 0 rings (SSSR count). The van der Waals surface area contributed by atoms with Crippen LogP contribution in [0.15, 0.2) is 0 Å². The van der Waals surface area contributed by atoms with Gasteiger partial charge in [0.1, 0.15) is 19.3 Å². The van der Waals surface area contributed by atoms with E-state index in [2.05, 4.69) is 48.5 Å². The molecule has 528 valence electrons. The first kappa shape index (κ1) is 87.1. The van der Waals surface area contributed by atoms with Crippen molar-refractivity contribution in [1.29, 1.82) is 0 Å². The third-order valence-corrected chi connectivity index (χ3v) is 18.4. The van der Waals surface area contributed by atoms with Crippen LogP contribution >= 0.6 is 15.6 Å². The van der Waals surface area contributed by atoms with Crippen LogP contribution < -0.4 is 0 Å². The maximum atomic E-state index is 13.0. The van der Waals surface area contributed by atoms with Gasteiger partial charge in [-0.15, -0.1) is 0 Å². The van der Waals surface area contributed by atoms with Crippen molar-refractivity contribution in [2.45, 2.75) is 369 Å². The molecule has 0 fully saturated rings. The lowest BCUT2D eigenvalue weighted by Gasteiger charge is -2.21. The van der Waals surface area contributed by atoms with Gasteiger partial charge in [-0.3, -0.25) is 37.3 Å². The maximum absolute atomic E-state index is 13.0. The second kappa shape index (κ2) is 61.0. The van der Waals surface area contributed by atoms with Crippen molar-refractivity contribution in [2.24, 2.45) is 17.8 Å². The predicted octanol–water partition coefficient (Wildman–Crippen LogP) is 19.8. The second-order valence-corrected chi connectivity index (χ2v) is 29.4. The SMILES string of the molecule is CCCCCCCCCCC(=O)OC[C@H](COP(=O)(O)OC[C@H](O)COP(=O)(O)OC[C@@H](COC(=O)CCCCCCCCCC(C)C)OC(=O)CCCCCCCCCCCCCCCCCCCCC(C)C)OC(=O)CCCCCCCCC(C)CC. The van der Waals surface area contributed by atoms with E-state index in [1.54, 1.807) is 0 Å². The molecule has 19 heteroatoms. The molecule has 0 bridgehead atoms. The first-order valence-corrected chi connectivity index (χ1v) is 39.4. The fraction of sp³-hybridized carbons (Fsp3) is 0.943. The van der Waals surface area contributed by atoms with Crippen LogP contribution in [0.25, 0.3) is 0 Å². The van der Waals surface area contributed by atoms with Crippen LogP contribution in [-0.4, -0.2) is 96.7 Å². The third-order valence-electron chi connectivity index (χ3n) is 16.5. The van der Waals surface area contributed by atoms with Crippen molar-refractivity contribution < 1.29 is 80.2 Å². The van der Waals surface area contributed by atoms with Gasteiger partial charge in [0.15, 0.2) is 12.2 Å². The second-order valence-electron chi connectivity index (χ2n) is 26.5. The molecule has 17 nitrogen and oxygen atoms in total. The van der Waals surface area contributed by atoms with E-state index in [-0.39, 0.29) is 25.7 Å². The van der Waals surface area contributed by atoms with Gasteiger partial charge in [-0.1, -0.05) is 299 Å². The molecule has 3 unspecified atom stereocenters. The van der Waals surface area contributed by atoms with E-state index in [9.17, 15) is 43.2 Å². The summed E-state index contributed by atoms with van der Waals surface area (Å²) in [6.07, 6.45) is 44.8. The quantitative estimate of drug-likeness (QED) is 0.0222. The van der Waals surface area contributed by atoms with Crippen LogP contribution in [0.1, 0.15) is 350 Å². The Morgan fingerprint density at radius 2 is 0.573 bits per heavy atom. The highest BCUT2D eigenvalue weighted by molar-refractivity contribution is 7.47. The Hall–Kier alpha value is -1.94. The van der Waals surface area contributed by atoms with Gasteiger partial charge in [0, 0.05) is 25.7 Å². The van der Waals surface area contributed by atoms with Gasteiger partial charge in [0.05, 0.1) is 26.4 Å². The van der Waals surface area contributed by atoms with Crippen LogP contribution in [0.3, 0.4) is 0 Å². The molecule has 89 heavy (non-hydrogen) atoms. The molecule has 0 aliphatic carbocycles. The Morgan fingerprint density at radius 1 is 0.326 bits per heavy atom. The zero-order valence-electron chi connectivity index (χ0n) is 57.9. The number of rotatable bonds is 68. The summed E-state index contributed by atoms with van der Waals surface area (Å²) in [6, 6.07) is 0. The summed E-state index contributed by atoms with van der Waals surface area (Å²) in [7, 11) is -9.89. The Kier molecular flexibility index (Phi) is 59.6. The summed E-state index contributed by atoms with van der Waals surface area (Å²) >= 11 is 0. The predicted molar refractivity (Wildman–Crippen MR) is 358 cm³/mol. The summed E-state index contributed by atoms with van der Waals surface area (Å²) in [6.45, 7) is 11.7. The maximum Gasteiger partial charge on any atom is 0.472 e. The van der Waals surface area contributed by atoms with Crippen LogP contribution in [0.4, 0.5) is 0 Å². The van der Waals surface area contributed by atoms with Crippen molar-refractivity contribution >= 4 is 39.5 Å². The third kappa shape index (κ3) is 63.2. The van der Waals surface area contributed by atoms with Gasteiger partial charge in [-0.05, 0) is 43.4 Å². The van der Waals surface area contributed by atoms with E-state index >= 15 is 0 Å². The minimum atomic E-state index is -4.95. The van der Waals surface area contributed by atoms with Crippen LogP contribution in [0.2, 0.25) is 0 Å². The largest absolute Gasteiger partial charge is 0.472 e. The molecule has 0 amide bonds. The zero-order chi connectivity index (χ0) is 65.9. The number of carbonyl (C=O) groups excluding carboxylic acids is 4. The van der Waals surface area contributed by atoms with Gasteiger partial charge < -0.3 is 33.8 Å². The number of hydrogen-bond acceptors (Lipinski definition) is 15. The lowest BCUT2D eigenvalue weighted by molar-refractivity contribution is -0.161. The highest BCUT2D eigenvalue weighted by Crippen LogP contribution is 2.45. The molecule has 0 aromatic heterocycles. The summed E-state index contributed by atoms with van der Waals surface area (Å²) < 4.78 is 68.1. The normalized spacial score (nSPS) is 14.5. The number of aliphatic hydroxyl groups is 1. The fourth-order valence-electron chi connectivity index (χ4n) is 10.5. The lowest BCUT2D eigenvalue weighted by atomic mass is 10.00. The zero-order valence-corrected chi connectivity index (χ0v) is 59.7. The van der Waals surface area contributed by atoms with E-state index in [1.807, 2.05) is 0 Å². The molecule has 0 spiro atoms. The summed E-state index contributed by atoms with van der Waals surface area (Å²) in [5.74, 6) is 0.112. The van der Waals surface area contributed by atoms with Crippen molar-refractivity contribution in [3.05, 3.63) is 0 Å². The standard InChI is InChI=1S/C70H136O17P2/c1-8-10-11-12-13-29-37-44-51-67(72)80-58-66(87-70(75)54-47-40-33-32-36-43-50-63(7)9-2)60-85-89(78,79)83-56-64(71)55-82-88(76,77)84-59-65(57-81-68(73)52-45-38-31-26-28-35-42-49-62(5)6)86-69(74)53-46-39-30-25-23-21-19-17-15-14-16-18-20-22-24-27-34-41-48-61(3)4/h61-66,71H,8-60H2,1-7H3,(H,76,77)(H,78,79)/t63?,64-,65-,66-/m1/s1. The smallest absolute Gasteiger partial charge is 0.462 e. The lowest BCUT2D eigenvalue weighted by Crippen LogP contribution is -2.30. The average molecular weight is 1310 g/mol. The average Bonchev–Trinajstić information content (AvgIpc) is 3.57. The molecule has 0 saturated heterocycles. The van der Waals surface area contributed by atoms with E-state index in [0.717, 1.165) is 115 Å². The first-order valence-electron chi connectivity index (χ1n) is 36.4. The fourth-order valence-corrected chi connectivity index (χ4v) is 12.1. The van der Waals surface area contributed by atoms with Crippen LogP contribution in [0, 0.1) is 17.8 Å². The number of ether oxygens (including phenoxy) is 4. The molecular weight excluding hydrogens is 1170 g/mol. The molecule has 3 N–H and O–H groups in total. The Labute approximate surface area is 543 Å². The monoisotopic (exact) mass is 1310 g/mol. The topological polar surface area (TPSA) is 237 Å². The summed E-state index contributed by atoms with van der Waals surface area (Å²) in [5.41, 5.74) is 0. The highest BCUT2D eigenvalue weighted by Gasteiger charge is 2.30. The Bertz CT molecular complexity index is 1750. The highest BCUT2D eigenvalue weighted by atomic mass is 31.2. The van der Waals surface area contributed by atoms with Crippen molar-refractivity contribution in [3.8, 4) is 0 Å². The number of esters is 4. The Morgan fingerprint density at radius 3 is 0.854 bits per heavy atom. The molecule has 0 radical (unpaired) electrons. The van der Waals surface area contributed by atoms with Gasteiger partial charge >= 0.3 is 39.5 Å². The Balaban J connectivity index is 5.14. The molecule has 0 aliphatic heterocycles. The molecule has 0 aliphatic rings. The minimum Gasteiger partial charge on any atom is -0.462 e. The number of hydrogen-bond donors (Lipinski definition) is 3. The van der Waals surface area contributed by atoms with E-state index in [1.165, 1.54) is 148 Å². The first-order chi connectivity index (χ1) is 42.8. The molecule has 0 aromatic carbocycles. The number of phosphoric acid groups is 2. The van der Waals surface area contributed by atoms with Crippen molar-refractivity contribution in [3.63, 3.8) is 0 Å². The van der Waals surface area contributed by atoms with Gasteiger partial charge in [0.25, 0.3) is 0 Å². The molecular formula is C70H136O17P2. The van der Waals surface area contributed by atoms with E-state index in [0.29, 0.717) is 31.6 Å². The molecule has 0 heterocycles. The van der Waals surface area contributed by atoms with Gasteiger partial charge in [0.2, 0.25) is 0 Å².